The van der Waals surface area contributed by atoms with Gasteiger partial charge in [0.25, 0.3) is 0 Å². The summed E-state index contributed by atoms with van der Waals surface area (Å²) in [7, 11) is -0.366. The van der Waals surface area contributed by atoms with Crippen molar-refractivity contribution in [2.24, 2.45) is 0 Å². The molecule has 3 aliphatic rings. The van der Waals surface area contributed by atoms with Gasteiger partial charge in [-0.2, -0.15) is 0 Å². The topological polar surface area (TPSA) is 91.2 Å². The molecule has 2 N–H and O–H groups in total. The molecule has 3 saturated heterocycles. The summed E-state index contributed by atoms with van der Waals surface area (Å²) in [5.41, 5.74) is 0.276. The van der Waals surface area contributed by atoms with Gasteiger partial charge >= 0.3 is 7.12 Å². The normalized spacial score (nSPS) is 22.4. The van der Waals surface area contributed by atoms with E-state index in [2.05, 4.69) is 35.7 Å². The van der Waals surface area contributed by atoms with Crippen molar-refractivity contribution in [3.63, 3.8) is 0 Å². The minimum Gasteiger partial charge on any atom is -0.399 e. The van der Waals surface area contributed by atoms with Crippen molar-refractivity contribution >= 4 is 40.1 Å². The lowest BCUT2D eigenvalue weighted by molar-refractivity contribution is 0.00578. The molecule has 2 aromatic rings. The predicted octanol–water partition coefficient (Wildman–Crippen LogP) is 3.15. The SMILES string of the molecule is CC1(C)OB(c2ccc(N3CCC(O)CC3)nc2)OC1(C)C.OC1CCN(c2ccc(Br)cn2)CC1. The third-order valence-corrected chi connectivity index (χ3v) is 8.05. The van der Waals surface area contributed by atoms with E-state index in [0.717, 1.165) is 73.4 Å². The number of halogens is 1. The Labute approximate surface area is 223 Å². The highest BCUT2D eigenvalue weighted by atomic mass is 79.9. The molecule has 0 aromatic carbocycles. The van der Waals surface area contributed by atoms with Crippen molar-refractivity contribution < 1.29 is 19.5 Å². The number of rotatable bonds is 3. The molecule has 0 radical (unpaired) electrons. The maximum absolute atomic E-state index is 9.58. The summed E-state index contributed by atoms with van der Waals surface area (Å²) in [4.78, 5) is 13.3. The summed E-state index contributed by atoms with van der Waals surface area (Å²) in [6, 6.07) is 8.03. The number of piperidine rings is 2. The monoisotopic (exact) mass is 560 g/mol. The average molecular weight is 561 g/mol. The second-order valence-electron chi connectivity index (χ2n) is 10.8. The van der Waals surface area contributed by atoms with Crippen LogP contribution in [0.15, 0.2) is 41.1 Å². The van der Waals surface area contributed by atoms with Crippen LogP contribution in [0.25, 0.3) is 0 Å². The molecule has 0 atom stereocenters. The van der Waals surface area contributed by atoms with Crippen molar-refractivity contribution in [3.05, 3.63) is 41.1 Å². The van der Waals surface area contributed by atoms with E-state index in [-0.39, 0.29) is 30.5 Å². The van der Waals surface area contributed by atoms with Gasteiger partial charge in [-0.1, -0.05) is 6.07 Å². The molecule has 5 heterocycles. The minimum absolute atomic E-state index is 0.123. The number of aromatic nitrogens is 2. The lowest BCUT2D eigenvalue weighted by Crippen LogP contribution is -2.41. The number of hydrogen-bond acceptors (Lipinski definition) is 8. The molecular formula is C26H38BBrN4O4. The van der Waals surface area contributed by atoms with Crippen molar-refractivity contribution in [1.82, 2.24) is 9.97 Å². The van der Waals surface area contributed by atoms with E-state index < -0.39 is 0 Å². The third-order valence-electron chi connectivity index (χ3n) is 7.58. The van der Waals surface area contributed by atoms with Crippen LogP contribution < -0.4 is 15.3 Å². The van der Waals surface area contributed by atoms with E-state index in [1.54, 1.807) is 6.20 Å². The smallest absolute Gasteiger partial charge is 0.399 e. The van der Waals surface area contributed by atoms with Crippen molar-refractivity contribution in [1.29, 1.82) is 0 Å². The van der Waals surface area contributed by atoms with Crippen LogP contribution in [0.4, 0.5) is 11.6 Å². The maximum atomic E-state index is 9.58. The zero-order valence-corrected chi connectivity index (χ0v) is 23.3. The van der Waals surface area contributed by atoms with Gasteiger partial charge in [-0.15, -0.1) is 0 Å². The first-order valence-electron chi connectivity index (χ1n) is 12.8. The summed E-state index contributed by atoms with van der Waals surface area (Å²) in [5.74, 6) is 1.95. The highest BCUT2D eigenvalue weighted by Crippen LogP contribution is 2.36. The highest BCUT2D eigenvalue weighted by Gasteiger charge is 2.51. The van der Waals surface area contributed by atoms with Gasteiger partial charge in [0.1, 0.15) is 11.6 Å². The van der Waals surface area contributed by atoms with Crippen LogP contribution in [0.2, 0.25) is 0 Å². The fourth-order valence-electron chi connectivity index (χ4n) is 4.45. The van der Waals surface area contributed by atoms with Gasteiger partial charge in [0.15, 0.2) is 0 Å². The minimum atomic E-state index is -0.366. The number of anilines is 2. The molecule has 8 nitrogen and oxygen atoms in total. The zero-order chi connectivity index (χ0) is 25.9. The molecular weight excluding hydrogens is 523 g/mol. The first-order chi connectivity index (χ1) is 17.0. The Bertz CT molecular complexity index is 960. The van der Waals surface area contributed by atoms with Crippen LogP contribution >= 0.6 is 15.9 Å². The lowest BCUT2D eigenvalue weighted by Gasteiger charge is -2.32. The molecule has 10 heteroatoms. The van der Waals surface area contributed by atoms with E-state index in [4.69, 9.17) is 9.31 Å². The molecule has 0 bridgehead atoms. The van der Waals surface area contributed by atoms with Crippen molar-refractivity contribution in [3.8, 4) is 0 Å². The van der Waals surface area contributed by atoms with E-state index in [1.165, 1.54) is 0 Å². The summed E-state index contributed by atoms with van der Waals surface area (Å²) in [5, 5.41) is 18.9. The van der Waals surface area contributed by atoms with Crippen molar-refractivity contribution in [2.45, 2.75) is 76.8 Å². The van der Waals surface area contributed by atoms with E-state index in [1.807, 2.05) is 58.2 Å². The van der Waals surface area contributed by atoms with Crippen molar-refractivity contribution in [2.75, 3.05) is 36.0 Å². The van der Waals surface area contributed by atoms with Gasteiger partial charge < -0.3 is 29.3 Å². The number of aliphatic hydroxyl groups is 2. The van der Waals surface area contributed by atoms with Gasteiger partial charge in [-0.25, -0.2) is 9.97 Å². The Morgan fingerprint density at radius 3 is 1.61 bits per heavy atom. The molecule has 0 saturated carbocycles. The Morgan fingerprint density at radius 2 is 1.22 bits per heavy atom. The Kier molecular flexibility index (Phi) is 8.62. The maximum Gasteiger partial charge on any atom is 0.496 e. The highest BCUT2D eigenvalue weighted by molar-refractivity contribution is 9.10. The van der Waals surface area contributed by atoms with E-state index >= 15 is 0 Å². The molecule has 3 aliphatic heterocycles. The molecule has 2 aromatic heterocycles. The Morgan fingerprint density at radius 1 is 0.778 bits per heavy atom. The molecule has 0 spiro atoms. The van der Waals surface area contributed by atoms with E-state index in [9.17, 15) is 10.2 Å². The van der Waals surface area contributed by atoms with Gasteiger partial charge in [0.05, 0.1) is 23.4 Å². The van der Waals surface area contributed by atoms with Crippen LogP contribution in [0, 0.1) is 0 Å². The summed E-state index contributed by atoms with van der Waals surface area (Å²) in [6.45, 7) is 11.7. The lowest BCUT2D eigenvalue weighted by atomic mass is 9.80. The van der Waals surface area contributed by atoms with Crippen LogP contribution in [-0.2, 0) is 9.31 Å². The number of nitrogens with zero attached hydrogens (tertiary/aromatic N) is 4. The Balaban J connectivity index is 0.000000187. The predicted molar refractivity (Wildman–Crippen MR) is 147 cm³/mol. The fourth-order valence-corrected chi connectivity index (χ4v) is 4.68. The standard InChI is InChI=1S/C16H25BN2O3.C10H13BrN2O/c1-15(2)16(3,4)22-17(21-15)12-5-6-14(18-11-12)19-9-7-13(20)8-10-19;11-8-1-2-10(12-7-8)13-5-3-9(14)4-6-13/h5-6,11,13,20H,7-10H2,1-4H3;1-2,7,9,14H,3-6H2. The second kappa shape index (κ2) is 11.4. The van der Waals surface area contributed by atoms with Gasteiger partial charge in [0, 0.05) is 48.5 Å². The van der Waals surface area contributed by atoms with Crippen LogP contribution in [0.3, 0.4) is 0 Å². The quantitative estimate of drug-likeness (QED) is 0.553. The van der Waals surface area contributed by atoms with Gasteiger partial charge in [-0.3, -0.25) is 0 Å². The summed E-state index contributed by atoms with van der Waals surface area (Å²) >= 11 is 3.36. The first-order valence-corrected chi connectivity index (χ1v) is 13.6. The van der Waals surface area contributed by atoms with Gasteiger partial charge in [-0.05, 0) is 87.5 Å². The molecule has 3 fully saturated rings. The van der Waals surface area contributed by atoms with Gasteiger partial charge in [0.2, 0.25) is 0 Å². The number of aliphatic hydroxyl groups excluding tert-OH is 2. The van der Waals surface area contributed by atoms with Crippen LogP contribution in [-0.4, -0.2) is 76.9 Å². The molecule has 36 heavy (non-hydrogen) atoms. The number of pyridine rings is 2. The molecule has 0 unspecified atom stereocenters. The van der Waals surface area contributed by atoms with E-state index in [0.29, 0.717) is 0 Å². The number of hydrogen-bond donors (Lipinski definition) is 2. The fraction of sp³-hybridized carbons (Fsp3) is 0.615. The largest absolute Gasteiger partial charge is 0.496 e. The third kappa shape index (κ3) is 6.58. The first kappa shape index (κ1) is 27.3. The summed E-state index contributed by atoms with van der Waals surface area (Å²) in [6.07, 6.45) is 6.65. The zero-order valence-electron chi connectivity index (χ0n) is 21.7. The summed E-state index contributed by atoms with van der Waals surface area (Å²) < 4.78 is 13.1. The van der Waals surface area contributed by atoms with Crippen LogP contribution in [0.5, 0.6) is 0 Å². The molecule has 196 valence electrons. The molecule has 0 amide bonds. The average Bonchev–Trinajstić information content (AvgIpc) is 3.08. The molecule has 0 aliphatic carbocycles. The Hall–Kier alpha value is -1.72. The van der Waals surface area contributed by atoms with Crippen LogP contribution in [0.1, 0.15) is 53.4 Å². The molecule has 5 rings (SSSR count). The second-order valence-corrected chi connectivity index (χ2v) is 11.7.